The summed E-state index contributed by atoms with van der Waals surface area (Å²) in [4.78, 5) is 11.9. The van der Waals surface area contributed by atoms with Crippen molar-refractivity contribution in [2.24, 2.45) is 7.05 Å². The van der Waals surface area contributed by atoms with Gasteiger partial charge in [-0.25, -0.2) is 0 Å². The summed E-state index contributed by atoms with van der Waals surface area (Å²) in [6.07, 6.45) is 4.13. The number of carbonyl (C=O) groups excluding carboxylic acids is 1. The van der Waals surface area contributed by atoms with Gasteiger partial charge in [0.05, 0.1) is 24.4 Å². The fourth-order valence-corrected chi connectivity index (χ4v) is 2.60. The van der Waals surface area contributed by atoms with E-state index in [0.29, 0.717) is 31.1 Å². The Bertz CT molecular complexity index is 675. The van der Waals surface area contributed by atoms with Gasteiger partial charge in [-0.2, -0.15) is 5.10 Å². The molecule has 2 aromatic rings. The molecule has 1 unspecified atom stereocenters. The number of carbonyl (C=O) groups is 1. The first-order valence-corrected chi connectivity index (χ1v) is 7.67. The number of rotatable bonds is 5. The maximum Gasteiger partial charge on any atom is 0.224 e. The third kappa shape index (κ3) is 3.22. The van der Waals surface area contributed by atoms with Crippen molar-refractivity contribution in [1.82, 2.24) is 9.78 Å². The maximum atomic E-state index is 11.9. The van der Waals surface area contributed by atoms with E-state index in [1.54, 1.807) is 4.68 Å². The molecule has 0 radical (unpaired) electrons. The van der Waals surface area contributed by atoms with Gasteiger partial charge >= 0.3 is 0 Å². The molecular weight excluding hydrogens is 282 g/mol. The van der Waals surface area contributed by atoms with Crippen LogP contribution in [0.1, 0.15) is 26.2 Å². The van der Waals surface area contributed by atoms with E-state index < -0.39 is 0 Å². The minimum atomic E-state index is -0.00161. The number of aromatic nitrogens is 2. The average molecular weight is 303 g/mol. The lowest BCUT2D eigenvalue weighted by molar-refractivity contribution is -0.116. The number of nitrogens with zero attached hydrogens (tertiary/aromatic N) is 2. The minimum Gasteiger partial charge on any atom is -0.486 e. The lowest BCUT2D eigenvalue weighted by Crippen LogP contribution is -2.18. The van der Waals surface area contributed by atoms with Gasteiger partial charge in [0, 0.05) is 37.5 Å². The third-order valence-corrected chi connectivity index (χ3v) is 3.65. The Morgan fingerprint density at radius 3 is 3.14 bits per heavy atom. The van der Waals surface area contributed by atoms with Crippen LogP contribution in [0.25, 0.3) is 10.9 Å². The molecule has 22 heavy (non-hydrogen) atoms. The van der Waals surface area contributed by atoms with Crippen molar-refractivity contribution < 1.29 is 14.3 Å². The number of nitrogens with one attached hydrogen (secondary N) is 1. The summed E-state index contributed by atoms with van der Waals surface area (Å²) in [6, 6.07) is 3.80. The largest absolute Gasteiger partial charge is 0.486 e. The second kappa shape index (κ2) is 6.36. The molecule has 1 aliphatic rings. The van der Waals surface area contributed by atoms with E-state index in [1.165, 1.54) is 0 Å². The molecule has 1 N–H and O–H groups in total. The fourth-order valence-electron chi connectivity index (χ4n) is 2.60. The van der Waals surface area contributed by atoms with Gasteiger partial charge in [-0.05, 0) is 12.5 Å². The van der Waals surface area contributed by atoms with Crippen LogP contribution in [-0.4, -0.2) is 35.0 Å². The Balaban J connectivity index is 1.91. The number of aryl methyl sites for hydroxylation is 1. The summed E-state index contributed by atoms with van der Waals surface area (Å²) >= 11 is 0. The fraction of sp³-hybridized carbons (Fsp3) is 0.500. The highest BCUT2D eigenvalue weighted by molar-refractivity contribution is 5.96. The molecule has 1 saturated heterocycles. The molecule has 1 aliphatic heterocycles. The van der Waals surface area contributed by atoms with Gasteiger partial charge in [0.25, 0.3) is 0 Å². The lowest BCUT2D eigenvalue weighted by atomic mass is 10.2. The van der Waals surface area contributed by atoms with Crippen LogP contribution in [0.2, 0.25) is 0 Å². The molecule has 6 nitrogen and oxygen atoms in total. The second-order valence-corrected chi connectivity index (χ2v) is 5.61. The van der Waals surface area contributed by atoms with Gasteiger partial charge in [0.1, 0.15) is 11.9 Å². The quantitative estimate of drug-likeness (QED) is 0.921. The van der Waals surface area contributed by atoms with Crippen molar-refractivity contribution in [2.45, 2.75) is 32.3 Å². The van der Waals surface area contributed by atoms with E-state index in [9.17, 15) is 4.79 Å². The number of anilines is 1. The molecule has 1 atom stereocenters. The Labute approximate surface area is 129 Å². The summed E-state index contributed by atoms with van der Waals surface area (Å²) < 4.78 is 13.1. The standard InChI is InChI=1S/C16H21N3O3/c1-3-4-16(20)17-14-7-11-9-19(2)18-13(11)8-15(14)22-12-5-6-21-10-12/h7-9,12H,3-6,10H2,1-2H3,(H,17,20). The van der Waals surface area contributed by atoms with Crippen LogP contribution in [-0.2, 0) is 16.6 Å². The number of ether oxygens (including phenoxy) is 2. The first-order chi connectivity index (χ1) is 10.7. The summed E-state index contributed by atoms with van der Waals surface area (Å²) in [5.74, 6) is 0.657. The normalized spacial score (nSPS) is 17.8. The van der Waals surface area contributed by atoms with E-state index in [1.807, 2.05) is 32.3 Å². The van der Waals surface area contributed by atoms with Crippen LogP contribution in [0.3, 0.4) is 0 Å². The van der Waals surface area contributed by atoms with Crippen LogP contribution in [0, 0.1) is 0 Å². The van der Waals surface area contributed by atoms with E-state index in [-0.39, 0.29) is 12.0 Å². The topological polar surface area (TPSA) is 65.4 Å². The Morgan fingerprint density at radius 1 is 1.55 bits per heavy atom. The third-order valence-electron chi connectivity index (χ3n) is 3.65. The Hall–Kier alpha value is -2.08. The summed E-state index contributed by atoms with van der Waals surface area (Å²) in [7, 11) is 1.88. The predicted octanol–water partition coefficient (Wildman–Crippen LogP) is 2.48. The minimum absolute atomic E-state index is 0.00161. The molecule has 118 valence electrons. The van der Waals surface area contributed by atoms with Crippen LogP contribution < -0.4 is 10.1 Å². The van der Waals surface area contributed by atoms with Crippen molar-refractivity contribution in [2.75, 3.05) is 18.5 Å². The van der Waals surface area contributed by atoms with Gasteiger partial charge in [-0.3, -0.25) is 9.48 Å². The molecule has 1 aromatic heterocycles. The first kappa shape index (κ1) is 14.8. The average Bonchev–Trinajstić information content (AvgIpc) is 3.08. The molecule has 1 aromatic carbocycles. The van der Waals surface area contributed by atoms with Crippen LogP contribution in [0.4, 0.5) is 5.69 Å². The van der Waals surface area contributed by atoms with Crippen LogP contribution >= 0.6 is 0 Å². The Morgan fingerprint density at radius 2 is 2.41 bits per heavy atom. The highest BCUT2D eigenvalue weighted by Gasteiger charge is 2.20. The first-order valence-electron chi connectivity index (χ1n) is 7.67. The molecule has 0 saturated carbocycles. The molecule has 3 rings (SSSR count). The number of hydrogen-bond donors (Lipinski definition) is 1. The molecule has 0 bridgehead atoms. The molecule has 0 spiro atoms. The van der Waals surface area contributed by atoms with E-state index in [0.717, 1.165) is 23.7 Å². The second-order valence-electron chi connectivity index (χ2n) is 5.61. The van der Waals surface area contributed by atoms with Gasteiger partial charge in [-0.15, -0.1) is 0 Å². The number of hydrogen-bond acceptors (Lipinski definition) is 4. The zero-order valence-electron chi connectivity index (χ0n) is 13.0. The van der Waals surface area contributed by atoms with Gasteiger partial charge in [0.15, 0.2) is 0 Å². The zero-order valence-corrected chi connectivity index (χ0v) is 13.0. The molecule has 6 heteroatoms. The van der Waals surface area contributed by atoms with Crippen molar-refractivity contribution in [3.8, 4) is 5.75 Å². The van der Waals surface area contributed by atoms with Crippen LogP contribution in [0.15, 0.2) is 18.3 Å². The van der Waals surface area contributed by atoms with Crippen molar-refractivity contribution >= 4 is 22.5 Å². The lowest BCUT2D eigenvalue weighted by Gasteiger charge is -2.16. The van der Waals surface area contributed by atoms with Gasteiger partial charge in [0.2, 0.25) is 5.91 Å². The number of fused-ring (bicyclic) bond motifs is 1. The Kier molecular flexibility index (Phi) is 4.29. The molecule has 2 heterocycles. The van der Waals surface area contributed by atoms with Gasteiger partial charge < -0.3 is 14.8 Å². The molecule has 0 aliphatic carbocycles. The summed E-state index contributed by atoms with van der Waals surface area (Å²) in [5, 5.41) is 8.32. The molecule has 1 fully saturated rings. The van der Waals surface area contributed by atoms with E-state index in [2.05, 4.69) is 10.4 Å². The van der Waals surface area contributed by atoms with Crippen molar-refractivity contribution in [3.63, 3.8) is 0 Å². The number of benzene rings is 1. The monoisotopic (exact) mass is 303 g/mol. The highest BCUT2D eigenvalue weighted by Crippen LogP contribution is 2.32. The molecule has 1 amide bonds. The summed E-state index contributed by atoms with van der Waals surface area (Å²) in [5.41, 5.74) is 1.55. The maximum absolute atomic E-state index is 11.9. The zero-order chi connectivity index (χ0) is 15.5. The van der Waals surface area contributed by atoms with E-state index >= 15 is 0 Å². The van der Waals surface area contributed by atoms with Crippen molar-refractivity contribution in [1.29, 1.82) is 0 Å². The van der Waals surface area contributed by atoms with Crippen LogP contribution in [0.5, 0.6) is 5.75 Å². The van der Waals surface area contributed by atoms with Crippen molar-refractivity contribution in [3.05, 3.63) is 18.3 Å². The number of amides is 1. The molecular formula is C16H21N3O3. The smallest absolute Gasteiger partial charge is 0.224 e. The highest BCUT2D eigenvalue weighted by atomic mass is 16.5. The summed E-state index contributed by atoms with van der Waals surface area (Å²) in [6.45, 7) is 3.29. The van der Waals surface area contributed by atoms with E-state index in [4.69, 9.17) is 9.47 Å². The van der Waals surface area contributed by atoms with Gasteiger partial charge in [-0.1, -0.05) is 6.92 Å². The SMILES string of the molecule is CCCC(=O)Nc1cc2cn(C)nc2cc1OC1CCOC1. The predicted molar refractivity (Wildman–Crippen MR) is 84.1 cm³/mol.